The third-order valence-electron chi connectivity index (χ3n) is 2.71. The second kappa shape index (κ2) is 7.24. The third-order valence-corrected chi connectivity index (χ3v) is 3.08. The predicted molar refractivity (Wildman–Crippen MR) is 84.6 cm³/mol. The van der Waals surface area contributed by atoms with Crippen LogP contribution in [0.2, 0.25) is 5.02 Å². The second-order valence-corrected chi connectivity index (χ2v) is 5.06. The van der Waals surface area contributed by atoms with Gasteiger partial charge in [-0.25, -0.2) is 0 Å². The molecule has 102 valence electrons. The van der Waals surface area contributed by atoms with Gasteiger partial charge in [0, 0.05) is 5.02 Å². The normalized spacial score (nSPS) is 9.75. The van der Waals surface area contributed by atoms with Gasteiger partial charge in [-0.1, -0.05) is 41.6 Å². The molecule has 20 heavy (non-hydrogen) atoms. The molecule has 1 nitrogen and oxygen atoms in total. The van der Waals surface area contributed by atoms with E-state index in [1.54, 1.807) is 0 Å². The molecule has 0 saturated carbocycles. The van der Waals surface area contributed by atoms with E-state index >= 15 is 0 Å². The van der Waals surface area contributed by atoms with E-state index < -0.39 is 0 Å². The van der Waals surface area contributed by atoms with Gasteiger partial charge in [-0.15, -0.1) is 11.6 Å². The Morgan fingerprint density at radius 3 is 2.75 bits per heavy atom. The molecular formula is C17H14Cl2O. The zero-order chi connectivity index (χ0) is 14.4. The summed E-state index contributed by atoms with van der Waals surface area (Å²) in [5.74, 6) is 6.94. The number of benzene rings is 2. The van der Waals surface area contributed by atoms with Crippen molar-refractivity contribution < 1.29 is 4.74 Å². The molecule has 0 fully saturated rings. The van der Waals surface area contributed by atoms with E-state index in [1.807, 2.05) is 49.4 Å². The van der Waals surface area contributed by atoms with Crippen LogP contribution >= 0.6 is 23.2 Å². The summed E-state index contributed by atoms with van der Waals surface area (Å²) in [6, 6.07) is 13.5. The largest absolute Gasteiger partial charge is 0.488 e. The van der Waals surface area contributed by atoms with Crippen LogP contribution < -0.4 is 4.74 Å². The van der Waals surface area contributed by atoms with Crippen molar-refractivity contribution in [3.63, 3.8) is 0 Å². The number of alkyl halides is 1. The van der Waals surface area contributed by atoms with Gasteiger partial charge in [0.15, 0.2) is 0 Å². The minimum atomic E-state index is 0.307. The lowest BCUT2D eigenvalue weighted by molar-refractivity contribution is 0.305. The Morgan fingerprint density at radius 1 is 1.15 bits per heavy atom. The first-order chi connectivity index (χ1) is 9.69. The van der Waals surface area contributed by atoms with Crippen molar-refractivity contribution in [3.8, 4) is 17.6 Å². The Kier molecular flexibility index (Phi) is 5.35. The minimum absolute atomic E-state index is 0.307. The fraction of sp³-hybridized carbons (Fsp3) is 0.176. The van der Waals surface area contributed by atoms with Crippen LogP contribution in [0.3, 0.4) is 0 Å². The molecule has 0 aliphatic heterocycles. The molecule has 0 radical (unpaired) electrons. The second-order valence-electron chi connectivity index (χ2n) is 4.35. The lowest BCUT2D eigenvalue weighted by atomic mass is 10.1. The van der Waals surface area contributed by atoms with Gasteiger partial charge < -0.3 is 4.74 Å². The summed E-state index contributed by atoms with van der Waals surface area (Å²) < 4.78 is 5.83. The molecule has 0 unspecified atom stereocenters. The van der Waals surface area contributed by atoms with Crippen LogP contribution in [0.5, 0.6) is 5.75 Å². The van der Waals surface area contributed by atoms with E-state index in [0.717, 1.165) is 22.4 Å². The Bertz CT molecular complexity index is 654. The van der Waals surface area contributed by atoms with Gasteiger partial charge in [-0.2, -0.15) is 0 Å². The zero-order valence-corrected chi connectivity index (χ0v) is 12.6. The monoisotopic (exact) mass is 304 g/mol. The van der Waals surface area contributed by atoms with Gasteiger partial charge in [-0.05, 0) is 42.3 Å². The van der Waals surface area contributed by atoms with Crippen LogP contribution in [0.4, 0.5) is 0 Å². The molecule has 2 rings (SSSR count). The molecule has 0 amide bonds. The average molecular weight is 305 g/mol. The Hall–Kier alpha value is -1.62. The Morgan fingerprint density at radius 2 is 2.00 bits per heavy atom. The molecular weight excluding hydrogens is 291 g/mol. The van der Waals surface area contributed by atoms with E-state index in [1.165, 1.54) is 0 Å². The highest BCUT2D eigenvalue weighted by Gasteiger charge is 2.03. The van der Waals surface area contributed by atoms with Crippen molar-refractivity contribution in [2.75, 3.05) is 5.88 Å². The molecule has 0 aliphatic carbocycles. The number of hydrogen-bond donors (Lipinski definition) is 0. The van der Waals surface area contributed by atoms with Crippen LogP contribution in [-0.4, -0.2) is 5.88 Å². The van der Waals surface area contributed by atoms with E-state index in [0.29, 0.717) is 17.5 Å². The first kappa shape index (κ1) is 14.8. The number of halogens is 2. The van der Waals surface area contributed by atoms with Gasteiger partial charge in [0.1, 0.15) is 12.4 Å². The van der Waals surface area contributed by atoms with Crippen molar-refractivity contribution in [1.82, 2.24) is 0 Å². The van der Waals surface area contributed by atoms with E-state index in [-0.39, 0.29) is 0 Å². The minimum Gasteiger partial charge on any atom is -0.488 e. The highest BCUT2D eigenvalue weighted by atomic mass is 35.5. The van der Waals surface area contributed by atoms with Crippen LogP contribution in [0.1, 0.15) is 16.7 Å². The van der Waals surface area contributed by atoms with Crippen molar-refractivity contribution in [2.45, 2.75) is 13.5 Å². The van der Waals surface area contributed by atoms with Gasteiger partial charge in [0.2, 0.25) is 0 Å². The van der Waals surface area contributed by atoms with Crippen LogP contribution in [0.15, 0.2) is 42.5 Å². The SMILES string of the molecule is Cc1ccc(OCc2cccc(Cl)c2)c(C#CCCl)c1. The zero-order valence-electron chi connectivity index (χ0n) is 11.1. The number of ether oxygens (including phenoxy) is 1. The van der Waals surface area contributed by atoms with Crippen molar-refractivity contribution in [2.24, 2.45) is 0 Å². The smallest absolute Gasteiger partial charge is 0.135 e. The Labute approximate surface area is 129 Å². The molecule has 0 heterocycles. The maximum absolute atomic E-state index is 5.95. The number of hydrogen-bond acceptors (Lipinski definition) is 1. The van der Waals surface area contributed by atoms with E-state index in [2.05, 4.69) is 11.8 Å². The quantitative estimate of drug-likeness (QED) is 0.583. The predicted octanol–water partition coefficient (Wildman–Crippen LogP) is 4.82. The third kappa shape index (κ3) is 4.20. The fourth-order valence-corrected chi connectivity index (χ4v) is 2.06. The summed E-state index contributed by atoms with van der Waals surface area (Å²) in [5, 5.41) is 0.706. The van der Waals surface area contributed by atoms with Crippen LogP contribution in [-0.2, 0) is 6.61 Å². The summed E-state index contributed by atoms with van der Waals surface area (Å²) in [4.78, 5) is 0. The molecule has 0 saturated heterocycles. The summed E-state index contributed by atoms with van der Waals surface area (Å²) in [5.41, 5.74) is 3.01. The fourth-order valence-electron chi connectivity index (χ4n) is 1.78. The van der Waals surface area contributed by atoms with Crippen LogP contribution in [0, 0.1) is 18.8 Å². The topological polar surface area (TPSA) is 9.23 Å². The highest BCUT2D eigenvalue weighted by Crippen LogP contribution is 2.21. The summed E-state index contributed by atoms with van der Waals surface area (Å²) >= 11 is 11.6. The molecule has 2 aromatic rings. The standard InChI is InChI=1S/C17H14Cl2O/c1-13-7-8-17(15(10-13)5-3-9-18)20-12-14-4-2-6-16(19)11-14/h2,4,6-8,10-11H,9,12H2,1H3. The van der Waals surface area contributed by atoms with Crippen molar-refractivity contribution >= 4 is 23.2 Å². The van der Waals surface area contributed by atoms with E-state index in [4.69, 9.17) is 27.9 Å². The average Bonchev–Trinajstić information content (AvgIpc) is 2.44. The molecule has 2 aromatic carbocycles. The molecule has 0 atom stereocenters. The molecule has 0 aliphatic rings. The van der Waals surface area contributed by atoms with Gasteiger partial charge in [-0.3, -0.25) is 0 Å². The number of aryl methyl sites for hydroxylation is 1. The summed E-state index contributed by atoms with van der Waals surface area (Å²) in [7, 11) is 0. The molecule has 3 heteroatoms. The van der Waals surface area contributed by atoms with Crippen molar-refractivity contribution in [1.29, 1.82) is 0 Å². The Balaban J connectivity index is 2.16. The molecule has 0 spiro atoms. The van der Waals surface area contributed by atoms with E-state index in [9.17, 15) is 0 Å². The molecule has 0 bridgehead atoms. The molecule has 0 N–H and O–H groups in total. The van der Waals surface area contributed by atoms with Gasteiger partial charge >= 0.3 is 0 Å². The first-order valence-electron chi connectivity index (χ1n) is 6.22. The first-order valence-corrected chi connectivity index (χ1v) is 7.13. The maximum Gasteiger partial charge on any atom is 0.135 e. The summed E-state index contributed by atoms with van der Waals surface area (Å²) in [6.07, 6.45) is 0. The van der Waals surface area contributed by atoms with Crippen LogP contribution in [0.25, 0.3) is 0 Å². The lowest BCUT2D eigenvalue weighted by Gasteiger charge is -2.09. The maximum atomic E-state index is 5.95. The molecule has 0 aromatic heterocycles. The number of rotatable bonds is 3. The van der Waals surface area contributed by atoms with Gasteiger partial charge in [0.25, 0.3) is 0 Å². The summed E-state index contributed by atoms with van der Waals surface area (Å²) in [6.45, 7) is 2.48. The van der Waals surface area contributed by atoms with Gasteiger partial charge in [0.05, 0.1) is 11.4 Å². The highest BCUT2D eigenvalue weighted by molar-refractivity contribution is 6.30. The lowest BCUT2D eigenvalue weighted by Crippen LogP contribution is -1.97. The van der Waals surface area contributed by atoms with Crippen molar-refractivity contribution in [3.05, 3.63) is 64.2 Å².